The van der Waals surface area contributed by atoms with E-state index in [1.165, 1.54) is 50.1 Å². The van der Waals surface area contributed by atoms with Gasteiger partial charge in [0.1, 0.15) is 0 Å². The molecule has 3 heteroatoms. The molecule has 2 heterocycles. The van der Waals surface area contributed by atoms with Crippen molar-refractivity contribution in [2.75, 3.05) is 25.0 Å². The molecule has 1 fully saturated rings. The van der Waals surface area contributed by atoms with E-state index in [0.29, 0.717) is 6.04 Å². The summed E-state index contributed by atoms with van der Waals surface area (Å²) in [5.74, 6) is 0. The number of hydrogen-bond acceptors (Lipinski definition) is 3. The lowest BCUT2D eigenvalue weighted by Gasteiger charge is -2.20. The highest BCUT2D eigenvalue weighted by Gasteiger charge is 2.16. The van der Waals surface area contributed by atoms with Gasteiger partial charge in [0.05, 0.1) is 11.9 Å². The first-order valence-electron chi connectivity index (χ1n) is 6.69. The van der Waals surface area contributed by atoms with Crippen molar-refractivity contribution in [2.45, 2.75) is 39.2 Å². The van der Waals surface area contributed by atoms with Gasteiger partial charge in [-0.3, -0.25) is 4.98 Å². The first kappa shape index (κ1) is 12.4. The fraction of sp³-hybridized carbons (Fsp3) is 0.643. The topological polar surface area (TPSA) is 28.2 Å². The van der Waals surface area contributed by atoms with E-state index in [-0.39, 0.29) is 0 Å². The van der Waals surface area contributed by atoms with Crippen molar-refractivity contribution in [1.82, 2.24) is 9.88 Å². The summed E-state index contributed by atoms with van der Waals surface area (Å²) in [6.07, 6.45) is 7.60. The van der Waals surface area contributed by atoms with E-state index >= 15 is 0 Å². The Balaban J connectivity index is 1.93. The third-order valence-corrected chi connectivity index (χ3v) is 3.67. The van der Waals surface area contributed by atoms with Gasteiger partial charge in [-0.15, -0.1) is 0 Å². The molecule has 1 atom stereocenters. The van der Waals surface area contributed by atoms with E-state index in [2.05, 4.69) is 35.1 Å². The highest BCUT2D eigenvalue weighted by Crippen LogP contribution is 2.18. The number of nitrogens with zero attached hydrogens (tertiary/aromatic N) is 2. The van der Waals surface area contributed by atoms with E-state index in [9.17, 15) is 0 Å². The first-order valence-corrected chi connectivity index (χ1v) is 6.69. The molecule has 94 valence electrons. The highest BCUT2D eigenvalue weighted by atomic mass is 15.1. The molecule has 1 aliphatic heterocycles. The number of likely N-dealkylation sites (tertiary alicyclic amines) is 1. The summed E-state index contributed by atoms with van der Waals surface area (Å²) in [6.45, 7) is 8.03. The van der Waals surface area contributed by atoms with Gasteiger partial charge in [-0.25, -0.2) is 0 Å². The Labute approximate surface area is 104 Å². The number of hydrogen-bond donors (Lipinski definition) is 1. The second kappa shape index (κ2) is 6.01. The number of aromatic nitrogens is 1. The van der Waals surface area contributed by atoms with E-state index in [1.807, 2.05) is 12.4 Å². The number of anilines is 1. The predicted octanol–water partition coefficient (Wildman–Crippen LogP) is 2.68. The Kier molecular flexibility index (Phi) is 4.37. The first-order chi connectivity index (χ1) is 8.29. The van der Waals surface area contributed by atoms with Crippen LogP contribution in [0.1, 0.15) is 31.7 Å². The molecule has 1 saturated heterocycles. The largest absolute Gasteiger partial charge is 0.381 e. The molecule has 1 N–H and O–H groups in total. The molecular weight excluding hydrogens is 210 g/mol. The lowest BCUT2D eigenvalue weighted by Crippen LogP contribution is -2.26. The summed E-state index contributed by atoms with van der Waals surface area (Å²) < 4.78 is 0. The van der Waals surface area contributed by atoms with E-state index in [1.54, 1.807) is 0 Å². The molecule has 0 aliphatic carbocycles. The van der Waals surface area contributed by atoms with Gasteiger partial charge in [0, 0.05) is 18.8 Å². The third kappa shape index (κ3) is 3.43. The minimum Gasteiger partial charge on any atom is -0.381 e. The summed E-state index contributed by atoms with van der Waals surface area (Å²) >= 11 is 0. The third-order valence-electron chi connectivity index (χ3n) is 3.67. The fourth-order valence-corrected chi connectivity index (χ4v) is 2.45. The van der Waals surface area contributed by atoms with Gasteiger partial charge in [-0.2, -0.15) is 0 Å². The van der Waals surface area contributed by atoms with Crippen LogP contribution in [0, 0.1) is 6.92 Å². The van der Waals surface area contributed by atoms with Crippen molar-refractivity contribution < 1.29 is 0 Å². The van der Waals surface area contributed by atoms with Crippen LogP contribution in [0.15, 0.2) is 18.5 Å². The average Bonchev–Trinajstić information content (AvgIpc) is 2.57. The second-order valence-corrected chi connectivity index (χ2v) is 4.90. The van der Waals surface area contributed by atoms with E-state index in [0.717, 1.165) is 0 Å². The Hall–Kier alpha value is -1.09. The summed E-state index contributed by atoms with van der Waals surface area (Å²) in [7, 11) is 0. The average molecular weight is 233 g/mol. The van der Waals surface area contributed by atoms with Crippen molar-refractivity contribution in [3.63, 3.8) is 0 Å². The Morgan fingerprint density at radius 3 is 3.06 bits per heavy atom. The van der Waals surface area contributed by atoms with Crippen molar-refractivity contribution in [3.8, 4) is 0 Å². The van der Waals surface area contributed by atoms with Gasteiger partial charge in [0.2, 0.25) is 0 Å². The molecule has 0 saturated carbocycles. The van der Waals surface area contributed by atoms with Crippen LogP contribution >= 0.6 is 0 Å². The highest BCUT2D eigenvalue weighted by molar-refractivity contribution is 5.48. The molecule has 0 amide bonds. The van der Waals surface area contributed by atoms with E-state index < -0.39 is 0 Å². The SMILES string of the molecule is CCN1CCCC(Nc2cnccc2C)CC1. The van der Waals surface area contributed by atoms with Crippen LogP contribution in [-0.4, -0.2) is 35.6 Å². The second-order valence-electron chi connectivity index (χ2n) is 4.90. The van der Waals surface area contributed by atoms with Crippen LogP contribution in [0.25, 0.3) is 0 Å². The van der Waals surface area contributed by atoms with Gasteiger partial charge in [-0.05, 0) is 50.9 Å². The number of rotatable bonds is 3. The van der Waals surface area contributed by atoms with Crippen molar-refractivity contribution in [3.05, 3.63) is 24.0 Å². The lowest BCUT2D eigenvalue weighted by atomic mass is 10.1. The summed E-state index contributed by atoms with van der Waals surface area (Å²) in [5.41, 5.74) is 2.49. The summed E-state index contributed by atoms with van der Waals surface area (Å²) in [6, 6.07) is 2.67. The molecule has 1 unspecified atom stereocenters. The van der Waals surface area contributed by atoms with Crippen molar-refractivity contribution in [2.24, 2.45) is 0 Å². The standard InChI is InChI=1S/C14H23N3/c1-3-17-9-4-5-13(7-10-17)16-14-11-15-8-6-12(14)2/h6,8,11,13,16H,3-5,7,9-10H2,1-2H3. The lowest BCUT2D eigenvalue weighted by molar-refractivity contribution is 0.300. The molecule has 0 spiro atoms. The van der Waals surface area contributed by atoms with Gasteiger partial charge in [0.25, 0.3) is 0 Å². The predicted molar refractivity (Wildman–Crippen MR) is 72.3 cm³/mol. The Bertz CT molecular complexity index is 351. The molecule has 1 aromatic heterocycles. The quantitative estimate of drug-likeness (QED) is 0.870. The maximum Gasteiger partial charge on any atom is 0.0558 e. The number of pyridine rings is 1. The zero-order valence-corrected chi connectivity index (χ0v) is 10.9. The molecule has 3 nitrogen and oxygen atoms in total. The normalized spacial score (nSPS) is 22.1. The maximum absolute atomic E-state index is 4.19. The zero-order valence-electron chi connectivity index (χ0n) is 10.9. The molecule has 1 aliphatic rings. The molecule has 2 rings (SSSR count). The summed E-state index contributed by atoms with van der Waals surface area (Å²) in [5, 5.41) is 3.64. The Morgan fingerprint density at radius 1 is 1.41 bits per heavy atom. The van der Waals surface area contributed by atoms with Gasteiger partial charge in [0.15, 0.2) is 0 Å². The molecule has 17 heavy (non-hydrogen) atoms. The molecule has 0 radical (unpaired) electrons. The van der Waals surface area contributed by atoms with Crippen molar-refractivity contribution >= 4 is 5.69 Å². The van der Waals surface area contributed by atoms with E-state index in [4.69, 9.17) is 0 Å². The molecule has 1 aromatic rings. The summed E-state index contributed by atoms with van der Waals surface area (Å²) in [4.78, 5) is 6.73. The smallest absolute Gasteiger partial charge is 0.0558 e. The fourth-order valence-electron chi connectivity index (χ4n) is 2.45. The van der Waals surface area contributed by atoms with Crippen LogP contribution < -0.4 is 5.32 Å². The zero-order chi connectivity index (χ0) is 12.1. The molecular formula is C14H23N3. The van der Waals surface area contributed by atoms with Gasteiger partial charge in [-0.1, -0.05) is 6.92 Å². The molecule has 0 aromatic carbocycles. The van der Waals surface area contributed by atoms with Crippen LogP contribution in [0.5, 0.6) is 0 Å². The minimum atomic E-state index is 0.606. The monoisotopic (exact) mass is 233 g/mol. The number of aryl methyl sites for hydroxylation is 1. The van der Waals surface area contributed by atoms with Crippen LogP contribution in [0.3, 0.4) is 0 Å². The van der Waals surface area contributed by atoms with Crippen molar-refractivity contribution in [1.29, 1.82) is 0 Å². The maximum atomic E-state index is 4.19. The van der Waals surface area contributed by atoms with Gasteiger partial charge >= 0.3 is 0 Å². The minimum absolute atomic E-state index is 0.606. The number of nitrogens with one attached hydrogen (secondary N) is 1. The van der Waals surface area contributed by atoms with Crippen LogP contribution in [-0.2, 0) is 0 Å². The van der Waals surface area contributed by atoms with Crippen LogP contribution in [0.4, 0.5) is 5.69 Å². The molecule has 0 bridgehead atoms. The Morgan fingerprint density at radius 2 is 2.29 bits per heavy atom. The van der Waals surface area contributed by atoms with Crippen LogP contribution in [0.2, 0.25) is 0 Å². The van der Waals surface area contributed by atoms with Gasteiger partial charge < -0.3 is 10.2 Å².